The second-order valence-electron chi connectivity index (χ2n) is 8.75. The van der Waals surface area contributed by atoms with Crippen molar-refractivity contribution in [3.8, 4) is 5.75 Å². The van der Waals surface area contributed by atoms with E-state index in [-0.39, 0.29) is 17.9 Å². The van der Waals surface area contributed by atoms with Crippen molar-refractivity contribution in [2.24, 2.45) is 5.92 Å². The Morgan fingerprint density at radius 3 is 2.50 bits per heavy atom. The highest BCUT2D eigenvalue weighted by Gasteiger charge is 2.47. The van der Waals surface area contributed by atoms with E-state index < -0.39 is 23.5 Å². The molecule has 34 heavy (non-hydrogen) atoms. The number of likely N-dealkylation sites (tertiary alicyclic amines) is 1. The zero-order valence-corrected chi connectivity index (χ0v) is 19.2. The molecule has 6 nitrogen and oxygen atoms in total. The van der Waals surface area contributed by atoms with E-state index in [0.717, 1.165) is 5.56 Å². The lowest BCUT2D eigenvalue weighted by Gasteiger charge is -2.23. The number of aliphatic hydroxyl groups is 1. The van der Waals surface area contributed by atoms with Crippen LogP contribution >= 0.6 is 0 Å². The maximum Gasteiger partial charge on any atom is 0.296 e. The summed E-state index contributed by atoms with van der Waals surface area (Å²) in [5.74, 6) is -0.872. The van der Waals surface area contributed by atoms with Gasteiger partial charge in [0.15, 0.2) is 0 Å². The van der Waals surface area contributed by atoms with Crippen LogP contribution in [0.2, 0.25) is 0 Å². The minimum absolute atomic E-state index is 0.0496. The van der Waals surface area contributed by atoms with E-state index in [9.17, 15) is 19.1 Å². The number of nitrogens with zero attached hydrogens (tertiary/aromatic N) is 1. The predicted molar refractivity (Wildman–Crippen MR) is 124 cm³/mol. The molecule has 1 aromatic heterocycles. The van der Waals surface area contributed by atoms with Gasteiger partial charge in [-0.25, -0.2) is 4.39 Å². The van der Waals surface area contributed by atoms with Gasteiger partial charge in [-0.05, 0) is 66.4 Å². The summed E-state index contributed by atoms with van der Waals surface area (Å²) >= 11 is 0. The molecule has 0 radical (unpaired) electrons. The lowest BCUT2D eigenvalue weighted by Crippen LogP contribution is -2.29. The molecule has 2 aromatic carbocycles. The minimum Gasteiger partial charge on any atom is -0.507 e. The van der Waals surface area contributed by atoms with Crippen LogP contribution in [0.3, 0.4) is 0 Å². The smallest absolute Gasteiger partial charge is 0.296 e. The van der Waals surface area contributed by atoms with Crippen LogP contribution in [0, 0.1) is 18.7 Å². The van der Waals surface area contributed by atoms with E-state index in [1.807, 2.05) is 6.92 Å². The lowest BCUT2D eigenvalue weighted by molar-refractivity contribution is -0.140. The molecule has 0 bridgehead atoms. The van der Waals surface area contributed by atoms with Gasteiger partial charge in [0.05, 0.1) is 18.4 Å². The van der Waals surface area contributed by atoms with Crippen LogP contribution in [0.5, 0.6) is 5.75 Å². The average molecular weight is 464 g/mol. The predicted octanol–water partition coefficient (Wildman–Crippen LogP) is 5.38. The van der Waals surface area contributed by atoms with Crippen molar-refractivity contribution in [2.75, 3.05) is 6.61 Å². The number of hydrogen-bond donors (Lipinski definition) is 1. The summed E-state index contributed by atoms with van der Waals surface area (Å²) in [6, 6.07) is 13.2. The highest BCUT2D eigenvalue weighted by Crippen LogP contribution is 2.40. The number of ether oxygens (including phenoxy) is 1. The van der Waals surface area contributed by atoms with Gasteiger partial charge >= 0.3 is 0 Å². The fourth-order valence-corrected chi connectivity index (χ4v) is 3.94. The number of amides is 1. The Balaban J connectivity index is 1.74. The van der Waals surface area contributed by atoms with E-state index in [1.165, 1.54) is 23.3 Å². The first-order chi connectivity index (χ1) is 16.3. The van der Waals surface area contributed by atoms with Crippen LogP contribution in [-0.2, 0) is 16.1 Å². The van der Waals surface area contributed by atoms with Crippen LogP contribution in [0.15, 0.2) is 70.9 Å². The fraction of sp³-hybridized carbons (Fsp3) is 0.259. The second-order valence-corrected chi connectivity index (χ2v) is 8.75. The summed E-state index contributed by atoms with van der Waals surface area (Å²) in [6.45, 7) is 6.56. The van der Waals surface area contributed by atoms with Gasteiger partial charge in [0, 0.05) is 12.1 Å². The van der Waals surface area contributed by atoms with Crippen molar-refractivity contribution in [3.05, 3.63) is 94.7 Å². The van der Waals surface area contributed by atoms with E-state index in [2.05, 4.69) is 13.8 Å². The first-order valence-electron chi connectivity index (χ1n) is 11.1. The summed E-state index contributed by atoms with van der Waals surface area (Å²) in [5.41, 5.74) is 1.77. The molecule has 1 aliphatic heterocycles. The molecule has 176 valence electrons. The molecule has 0 spiro atoms. The zero-order valence-electron chi connectivity index (χ0n) is 19.2. The van der Waals surface area contributed by atoms with Gasteiger partial charge in [-0.15, -0.1) is 0 Å². The lowest BCUT2D eigenvalue weighted by atomic mass is 9.98. The van der Waals surface area contributed by atoms with Gasteiger partial charge in [-0.2, -0.15) is 0 Å². The molecule has 1 N–H and O–H groups in total. The molecule has 1 atom stereocenters. The number of halogens is 1. The molecule has 0 aliphatic carbocycles. The highest BCUT2D eigenvalue weighted by molar-refractivity contribution is 6.46. The maximum absolute atomic E-state index is 13.3. The SMILES string of the molecule is Cc1cc(/C(O)=C2/C(=O)C(=O)N(Cc3ccc(F)cc3)C2c2ccco2)ccc1OCC(C)C. The number of ketones is 1. The molecule has 7 heteroatoms. The standard InChI is InChI=1S/C27H26FNO5/c1-16(2)15-34-21-11-8-19(13-17(21)3)25(30)23-24(22-5-4-12-33-22)29(27(32)26(23)31)14-18-6-9-20(28)10-7-18/h4-13,16,24,30H,14-15H2,1-3H3/b25-23-. The molecule has 4 rings (SSSR count). The monoisotopic (exact) mass is 463 g/mol. The number of hydrogen-bond acceptors (Lipinski definition) is 5. The zero-order chi connectivity index (χ0) is 24.4. The third kappa shape index (κ3) is 4.59. The van der Waals surface area contributed by atoms with Crippen LogP contribution < -0.4 is 4.74 Å². The molecular formula is C27H26FNO5. The third-order valence-electron chi connectivity index (χ3n) is 5.64. The van der Waals surface area contributed by atoms with E-state index in [1.54, 1.807) is 42.5 Å². The normalized spacial score (nSPS) is 17.6. The Hall–Kier alpha value is -3.87. The summed E-state index contributed by atoms with van der Waals surface area (Å²) in [4.78, 5) is 27.4. The first kappa shape index (κ1) is 23.3. The maximum atomic E-state index is 13.3. The van der Waals surface area contributed by atoms with Crippen molar-refractivity contribution in [1.82, 2.24) is 4.90 Å². The number of Topliss-reactive ketones (excluding diaryl/α,β-unsaturated/α-hetero) is 1. The van der Waals surface area contributed by atoms with Gasteiger partial charge < -0.3 is 19.2 Å². The number of aryl methyl sites for hydroxylation is 1. The summed E-state index contributed by atoms with van der Waals surface area (Å²) < 4.78 is 24.7. The van der Waals surface area contributed by atoms with E-state index in [0.29, 0.717) is 35.2 Å². The number of rotatable bonds is 7. The molecule has 1 unspecified atom stereocenters. The van der Waals surface area contributed by atoms with Gasteiger partial charge in [0.1, 0.15) is 29.1 Å². The number of carbonyl (C=O) groups excluding carboxylic acids is 2. The van der Waals surface area contributed by atoms with E-state index in [4.69, 9.17) is 9.15 Å². The molecule has 2 heterocycles. The molecule has 1 aliphatic rings. The highest BCUT2D eigenvalue weighted by atomic mass is 19.1. The van der Waals surface area contributed by atoms with Gasteiger partial charge in [-0.1, -0.05) is 26.0 Å². The summed E-state index contributed by atoms with van der Waals surface area (Å²) in [6.07, 6.45) is 1.44. The summed E-state index contributed by atoms with van der Waals surface area (Å²) in [7, 11) is 0. The van der Waals surface area contributed by atoms with Gasteiger partial charge in [0.2, 0.25) is 0 Å². The van der Waals surface area contributed by atoms with Gasteiger partial charge in [0.25, 0.3) is 11.7 Å². The van der Waals surface area contributed by atoms with Crippen molar-refractivity contribution in [2.45, 2.75) is 33.4 Å². The molecule has 1 saturated heterocycles. The topological polar surface area (TPSA) is 80.0 Å². The van der Waals surface area contributed by atoms with Gasteiger partial charge in [-0.3, -0.25) is 9.59 Å². The van der Waals surface area contributed by atoms with Crippen molar-refractivity contribution >= 4 is 17.4 Å². The van der Waals surface area contributed by atoms with Crippen molar-refractivity contribution in [3.63, 3.8) is 0 Å². The second kappa shape index (κ2) is 9.55. The fourth-order valence-electron chi connectivity index (χ4n) is 3.94. The number of furan rings is 1. The molecule has 1 fully saturated rings. The van der Waals surface area contributed by atoms with Crippen LogP contribution in [0.1, 0.15) is 42.3 Å². The average Bonchev–Trinajstić information content (AvgIpc) is 3.42. The molecule has 3 aromatic rings. The molecule has 0 saturated carbocycles. The van der Waals surface area contributed by atoms with Crippen LogP contribution in [0.25, 0.3) is 5.76 Å². The Morgan fingerprint density at radius 1 is 1.15 bits per heavy atom. The van der Waals surface area contributed by atoms with Crippen LogP contribution in [-0.4, -0.2) is 28.3 Å². The third-order valence-corrected chi connectivity index (χ3v) is 5.64. The van der Waals surface area contributed by atoms with Crippen molar-refractivity contribution < 1.29 is 28.2 Å². The molecule has 1 amide bonds. The Kier molecular flexibility index (Phi) is 6.54. The largest absolute Gasteiger partial charge is 0.507 e. The number of benzene rings is 2. The summed E-state index contributed by atoms with van der Waals surface area (Å²) in [5, 5.41) is 11.2. The molecular weight excluding hydrogens is 437 g/mol. The number of carbonyl (C=O) groups is 2. The van der Waals surface area contributed by atoms with E-state index >= 15 is 0 Å². The quantitative estimate of drug-likeness (QED) is 0.289. The Bertz CT molecular complexity index is 1230. The Morgan fingerprint density at radius 2 is 1.88 bits per heavy atom. The Labute approximate surface area is 197 Å². The van der Waals surface area contributed by atoms with Crippen molar-refractivity contribution in [1.29, 1.82) is 0 Å². The minimum atomic E-state index is -0.919. The number of aliphatic hydroxyl groups excluding tert-OH is 1. The van der Waals surface area contributed by atoms with Crippen LogP contribution in [0.4, 0.5) is 4.39 Å². The first-order valence-corrected chi connectivity index (χ1v) is 11.1.